The first-order chi connectivity index (χ1) is 8.76. The first kappa shape index (κ1) is 13.3. The Balaban J connectivity index is 2.08. The minimum absolute atomic E-state index is 0.210. The van der Waals surface area contributed by atoms with Crippen LogP contribution >= 0.6 is 0 Å². The average molecular weight is 248 g/mol. The predicted molar refractivity (Wildman–Crippen MR) is 72.6 cm³/mol. The molecule has 3 heteroatoms. The average Bonchev–Trinajstić information content (AvgIpc) is 2.86. The molecule has 1 aliphatic rings. The third-order valence-electron chi connectivity index (χ3n) is 4.13. The van der Waals surface area contributed by atoms with Crippen molar-refractivity contribution in [2.45, 2.75) is 58.9 Å². The summed E-state index contributed by atoms with van der Waals surface area (Å²) in [7, 11) is 0. The van der Waals surface area contributed by atoms with E-state index in [0.29, 0.717) is 5.82 Å². The van der Waals surface area contributed by atoms with Gasteiger partial charge in [0.15, 0.2) is 5.82 Å². The van der Waals surface area contributed by atoms with Crippen molar-refractivity contribution >= 4 is 5.78 Å². The molecule has 1 fully saturated rings. The zero-order valence-corrected chi connectivity index (χ0v) is 11.6. The van der Waals surface area contributed by atoms with Crippen molar-refractivity contribution in [1.82, 2.24) is 9.55 Å². The van der Waals surface area contributed by atoms with Crippen LogP contribution in [0.25, 0.3) is 0 Å². The minimum atomic E-state index is 0.210. The number of aryl methyl sites for hydroxylation is 1. The number of imidazole rings is 1. The second-order valence-electron chi connectivity index (χ2n) is 5.45. The van der Waals surface area contributed by atoms with Gasteiger partial charge >= 0.3 is 0 Å². The summed E-state index contributed by atoms with van der Waals surface area (Å²) in [6.07, 6.45) is 10.5. The van der Waals surface area contributed by atoms with Crippen LogP contribution < -0.4 is 0 Å². The lowest BCUT2D eigenvalue weighted by Crippen LogP contribution is -2.25. The lowest BCUT2D eigenvalue weighted by atomic mass is 9.78. The summed E-state index contributed by atoms with van der Waals surface area (Å²) in [5.41, 5.74) is 0. The molecular weight excluding hydrogens is 224 g/mol. The molecular formula is C15H24N2O. The maximum absolute atomic E-state index is 12.5. The number of carbonyl (C=O) groups is 1. The SMILES string of the molecule is CCCn1ccnc1C(=O)C1CCCC(CC)C1. The van der Waals surface area contributed by atoms with Gasteiger partial charge in [-0.3, -0.25) is 4.79 Å². The van der Waals surface area contributed by atoms with E-state index in [-0.39, 0.29) is 11.7 Å². The van der Waals surface area contributed by atoms with Crippen LogP contribution in [0.2, 0.25) is 0 Å². The Morgan fingerprint density at radius 2 is 2.28 bits per heavy atom. The third-order valence-corrected chi connectivity index (χ3v) is 4.13. The van der Waals surface area contributed by atoms with Gasteiger partial charge in [0.25, 0.3) is 0 Å². The highest BCUT2D eigenvalue weighted by Crippen LogP contribution is 2.32. The van der Waals surface area contributed by atoms with E-state index in [1.165, 1.54) is 19.3 Å². The van der Waals surface area contributed by atoms with Crippen LogP contribution in [0.5, 0.6) is 0 Å². The van der Waals surface area contributed by atoms with Crippen molar-refractivity contribution in [3.05, 3.63) is 18.2 Å². The van der Waals surface area contributed by atoms with Gasteiger partial charge in [-0.05, 0) is 25.2 Å². The van der Waals surface area contributed by atoms with Gasteiger partial charge in [-0.2, -0.15) is 0 Å². The maximum Gasteiger partial charge on any atom is 0.201 e. The van der Waals surface area contributed by atoms with Crippen molar-refractivity contribution in [2.75, 3.05) is 0 Å². The van der Waals surface area contributed by atoms with E-state index >= 15 is 0 Å². The van der Waals surface area contributed by atoms with Gasteiger partial charge in [0.05, 0.1) is 0 Å². The van der Waals surface area contributed by atoms with Gasteiger partial charge in [0.1, 0.15) is 0 Å². The monoisotopic (exact) mass is 248 g/mol. The molecule has 0 saturated heterocycles. The van der Waals surface area contributed by atoms with Gasteiger partial charge in [0.2, 0.25) is 5.78 Å². The highest BCUT2D eigenvalue weighted by Gasteiger charge is 2.29. The van der Waals surface area contributed by atoms with Gasteiger partial charge in [-0.1, -0.05) is 33.1 Å². The number of carbonyl (C=O) groups excluding carboxylic acids is 1. The number of nitrogens with zero attached hydrogens (tertiary/aromatic N) is 2. The van der Waals surface area contributed by atoms with Gasteiger partial charge in [-0.25, -0.2) is 4.98 Å². The number of aromatic nitrogens is 2. The molecule has 18 heavy (non-hydrogen) atoms. The highest BCUT2D eigenvalue weighted by molar-refractivity contribution is 5.94. The van der Waals surface area contributed by atoms with E-state index < -0.39 is 0 Å². The summed E-state index contributed by atoms with van der Waals surface area (Å²) in [6, 6.07) is 0. The second-order valence-corrected chi connectivity index (χ2v) is 5.45. The summed E-state index contributed by atoms with van der Waals surface area (Å²) in [5.74, 6) is 1.90. The molecule has 1 heterocycles. The molecule has 1 aromatic heterocycles. The molecule has 0 aromatic carbocycles. The summed E-state index contributed by atoms with van der Waals surface area (Å²) >= 11 is 0. The lowest BCUT2D eigenvalue weighted by Gasteiger charge is -2.27. The van der Waals surface area contributed by atoms with Gasteiger partial charge < -0.3 is 4.57 Å². The van der Waals surface area contributed by atoms with E-state index in [0.717, 1.165) is 31.7 Å². The largest absolute Gasteiger partial charge is 0.329 e. The first-order valence-corrected chi connectivity index (χ1v) is 7.31. The van der Waals surface area contributed by atoms with Crippen molar-refractivity contribution < 1.29 is 4.79 Å². The fraction of sp³-hybridized carbons (Fsp3) is 0.733. The Hall–Kier alpha value is -1.12. The fourth-order valence-electron chi connectivity index (χ4n) is 3.04. The van der Waals surface area contributed by atoms with Crippen molar-refractivity contribution in [2.24, 2.45) is 11.8 Å². The quantitative estimate of drug-likeness (QED) is 0.745. The molecule has 0 aliphatic heterocycles. The molecule has 0 bridgehead atoms. The molecule has 0 amide bonds. The molecule has 3 nitrogen and oxygen atoms in total. The zero-order valence-electron chi connectivity index (χ0n) is 11.6. The van der Waals surface area contributed by atoms with Crippen LogP contribution in [0.1, 0.15) is 63.0 Å². The van der Waals surface area contributed by atoms with Crippen LogP contribution in [0.15, 0.2) is 12.4 Å². The number of hydrogen-bond acceptors (Lipinski definition) is 2. The molecule has 2 unspecified atom stereocenters. The lowest BCUT2D eigenvalue weighted by molar-refractivity contribution is 0.0846. The molecule has 0 radical (unpaired) electrons. The number of Topliss-reactive ketones (excluding diaryl/α,β-unsaturated/α-hetero) is 1. The van der Waals surface area contributed by atoms with E-state index in [9.17, 15) is 4.79 Å². The van der Waals surface area contributed by atoms with Crippen molar-refractivity contribution in [3.8, 4) is 0 Å². The molecule has 0 N–H and O–H groups in total. The topological polar surface area (TPSA) is 34.9 Å². The van der Waals surface area contributed by atoms with E-state index in [2.05, 4.69) is 18.8 Å². The fourth-order valence-corrected chi connectivity index (χ4v) is 3.04. The number of ketones is 1. The highest BCUT2D eigenvalue weighted by atomic mass is 16.1. The Bertz CT molecular complexity index is 397. The van der Waals surface area contributed by atoms with E-state index in [4.69, 9.17) is 0 Å². The Morgan fingerprint density at radius 1 is 1.44 bits per heavy atom. The van der Waals surface area contributed by atoms with Crippen LogP contribution in [-0.4, -0.2) is 15.3 Å². The van der Waals surface area contributed by atoms with Crippen LogP contribution in [0, 0.1) is 11.8 Å². The molecule has 1 saturated carbocycles. The molecule has 2 rings (SSSR count). The molecule has 100 valence electrons. The smallest absolute Gasteiger partial charge is 0.201 e. The third kappa shape index (κ3) is 2.82. The second kappa shape index (κ2) is 6.17. The molecule has 2 atom stereocenters. The zero-order chi connectivity index (χ0) is 13.0. The van der Waals surface area contributed by atoms with Gasteiger partial charge in [0, 0.05) is 24.9 Å². The molecule has 1 aromatic rings. The van der Waals surface area contributed by atoms with Crippen molar-refractivity contribution in [3.63, 3.8) is 0 Å². The standard InChI is InChI=1S/C15H24N2O/c1-3-9-17-10-8-16-15(17)14(18)13-7-5-6-12(4-2)11-13/h8,10,12-13H,3-7,9,11H2,1-2H3. The summed E-state index contributed by atoms with van der Waals surface area (Å²) in [4.78, 5) is 16.8. The van der Waals surface area contributed by atoms with E-state index in [1.54, 1.807) is 6.20 Å². The Kier molecular flexibility index (Phi) is 4.56. The molecule has 0 spiro atoms. The van der Waals surface area contributed by atoms with Crippen LogP contribution in [0.4, 0.5) is 0 Å². The van der Waals surface area contributed by atoms with Crippen LogP contribution in [0.3, 0.4) is 0 Å². The minimum Gasteiger partial charge on any atom is -0.329 e. The maximum atomic E-state index is 12.5. The van der Waals surface area contributed by atoms with Gasteiger partial charge in [-0.15, -0.1) is 0 Å². The van der Waals surface area contributed by atoms with Crippen LogP contribution in [-0.2, 0) is 6.54 Å². The van der Waals surface area contributed by atoms with Crippen molar-refractivity contribution in [1.29, 1.82) is 0 Å². The Morgan fingerprint density at radius 3 is 3.00 bits per heavy atom. The summed E-state index contributed by atoms with van der Waals surface area (Å²) in [5, 5.41) is 0. The predicted octanol–water partition coefficient (Wildman–Crippen LogP) is 3.69. The summed E-state index contributed by atoms with van der Waals surface area (Å²) in [6.45, 7) is 5.25. The Labute approximate surface area is 110 Å². The first-order valence-electron chi connectivity index (χ1n) is 7.31. The number of rotatable bonds is 5. The normalized spacial score (nSPS) is 24.1. The summed E-state index contributed by atoms with van der Waals surface area (Å²) < 4.78 is 2.01. The molecule has 1 aliphatic carbocycles. The van der Waals surface area contributed by atoms with E-state index in [1.807, 2.05) is 10.8 Å². The number of hydrogen-bond donors (Lipinski definition) is 0.